The highest BCUT2D eigenvalue weighted by Gasteiger charge is 2.16. The van der Waals surface area contributed by atoms with Gasteiger partial charge in [0.25, 0.3) is 0 Å². The predicted molar refractivity (Wildman–Crippen MR) is 89.1 cm³/mol. The second-order valence-electron chi connectivity index (χ2n) is 5.77. The van der Waals surface area contributed by atoms with E-state index in [-0.39, 0.29) is 12.2 Å². The Morgan fingerprint density at radius 1 is 1.29 bits per heavy atom. The number of carbonyl (C=O) groups is 1. The van der Waals surface area contributed by atoms with E-state index in [9.17, 15) is 9.18 Å². The average molecular weight is 327 g/mol. The first-order chi connectivity index (χ1) is 11.6. The van der Waals surface area contributed by atoms with Gasteiger partial charge >= 0.3 is 5.97 Å². The molecule has 0 saturated carbocycles. The lowest BCUT2D eigenvalue weighted by Gasteiger charge is -2.09. The summed E-state index contributed by atoms with van der Waals surface area (Å²) in [5.41, 5.74) is 2.81. The summed E-state index contributed by atoms with van der Waals surface area (Å²) in [7, 11) is 0. The summed E-state index contributed by atoms with van der Waals surface area (Å²) in [6, 6.07) is 8.42. The molecule has 0 atom stereocenters. The zero-order valence-corrected chi connectivity index (χ0v) is 13.4. The highest BCUT2D eigenvalue weighted by atomic mass is 19.1. The van der Waals surface area contributed by atoms with Gasteiger partial charge < -0.3 is 9.67 Å². The van der Waals surface area contributed by atoms with Gasteiger partial charge in [0.15, 0.2) is 5.65 Å². The third-order valence-corrected chi connectivity index (χ3v) is 3.86. The molecule has 0 aliphatic rings. The van der Waals surface area contributed by atoms with Crippen molar-refractivity contribution in [3.8, 4) is 11.4 Å². The maximum Gasteiger partial charge on any atom is 0.303 e. The number of carboxylic acids is 1. The van der Waals surface area contributed by atoms with Gasteiger partial charge in [-0.1, -0.05) is 12.1 Å². The van der Waals surface area contributed by atoms with Crippen LogP contribution in [-0.2, 0) is 11.3 Å². The summed E-state index contributed by atoms with van der Waals surface area (Å²) in [6.07, 6.45) is 3.09. The van der Waals surface area contributed by atoms with Crippen LogP contribution in [0.4, 0.5) is 4.39 Å². The van der Waals surface area contributed by atoms with Crippen molar-refractivity contribution in [2.75, 3.05) is 0 Å². The van der Waals surface area contributed by atoms with E-state index in [1.165, 1.54) is 6.07 Å². The van der Waals surface area contributed by atoms with Crippen molar-refractivity contribution in [1.29, 1.82) is 0 Å². The number of carboxylic acid groups (broad SMARTS) is 1. The third-order valence-electron chi connectivity index (χ3n) is 3.86. The Balaban J connectivity index is 2.02. The van der Waals surface area contributed by atoms with Gasteiger partial charge in [0.05, 0.1) is 5.56 Å². The van der Waals surface area contributed by atoms with E-state index in [1.807, 2.05) is 17.6 Å². The highest BCUT2D eigenvalue weighted by Crippen LogP contribution is 2.26. The maximum atomic E-state index is 14.2. The molecular formula is C18H18FN3O2. The van der Waals surface area contributed by atoms with E-state index in [1.54, 1.807) is 24.4 Å². The summed E-state index contributed by atoms with van der Waals surface area (Å²) >= 11 is 0. The Morgan fingerprint density at radius 3 is 2.83 bits per heavy atom. The van der Waals surface area contributed by atoms with Gasteiger partial charge in [-0.25, -0.2) is 14.4 Å². The number of pyridine rings is 1. The normalized spacial score (nSPS) is 11.1. The van der Waals surface area contributed by atoms with Crippen molar-refractivity contribution in [2.24, 2.45) is 0 Å². The van der Waals surface area contributed by atoms with E-state index in [0.29, 0.717) is 41.9 Å². The van der Waals surface area contributed by atoms with Crippen molar-refractivity contribution >= 4 is 17.1 Å². The minimum atomic E-state index is -0.812. The molecule has 1 aromatic carbocycles. The fourth-order valence-corrected chi connectivity index (χ4v) is 2.72. The number of aromatic nitrogens is 3. The van der Waals surface area contributed by atoms with Crippen molar-refractivity contribution in [3.05, 3.63) is 47.9 Å². The lowest BCUT2D eigenvalue weighted by atomic mass is 10.2. The largest absolute Gasteiger partial charge is 0.481 e. The van der Waals surface area contributed by atoms with E-state index in [2.05, 4.69) is 9.97 Å². The summed E-state index contributed by atoms with van der Waals surface area (Å²) in [6.45, 7) is 2.48. The molecule has 2 aromatic heterocycles. The molecule has 3 aromatic rings. The molecule has 124 valence electrons. The van der Waals surface area contributed by atoms with Crippen LogP contribution in [-0.4, -0.2) is 25.6 Å². The molecule has 2 heterocycles. The molecule has 0 unspecified atom stereocenters. The summed E-state index contributed by atoms with van der Waals surface area (Å²) in [5, 5.41) is 8.76. The van der Waals surface area contributed by atoms with E-state index in [0.717, 1.165) is 5.56 Å². The first kappa shape index (κ1) is 16.1. The molecular weight excluding hydrogens is 309 g/mol. The number of fused-ring (bicyclic) bond motifs is 1. The number of halogens is 1. The van der Waals surface area contributed by atoms with Crippen LogP contribution in [0.1, 0.15) is 24.8 Å². The highest BCUT2D eigenvalue weighted by molar-refractivity contribution is 5.77. The topological polar surface area (TPSA) is 68.0 Å². The number of nitrogens with zero attached hydrogens (tertiary/aromatic N) is 3. The quantitative estimate of drug-likeness (QED) is 0.699. The van der Waals surface area contributed by atoms with Crippen molar-refractivity contribution < 1.29 is 14.3 Å². The van der Waals surface area contributed by atoms with Crippen LogP contribution < -0.4 is 0 Å². The second kappa shape index (κ2) is 6.78. The lowest BCUT2D eigenvalue weighted by Crippen LogP contribution is -2.04. The van der Waals surface area contributed by atoms with Gasteiger partial charge in [-0.15, -0.1) is 0 Å². The molecule has 24 heavy (non-hydrogen) atoms. The minimum Gasteiger partial charge on any atom is -0.481 e. The fraction of sp³-hybridized carbons (Fsp3) is 0.278. The first-order valence-corrected chi connectivity index (χ1v) is 7.86. The SMILES string of the molecule is Cc1cnc2c(c1)nc(-c1ccccc1F)n2CCCCC(=O)O. The maximum absolute atomic E-state index is 14.2. The number of hydrogen-bond acceptors (Lipinski definition) is 3. The number of hydrogen-bond donors (Lipinski definition) is 1. The molecule has 6 heteroatoms. The molecule has 0 radical (unpaired) electrons. The minimum absolute atomic E-state index is 0.119. The number of rotatable bonds is 6. The first-order valence-electron chi connectivity index (χ1n) is 7.86. The molecule has 0 fully saturated rings. The number of aliphatic carboxylic acids is 1. The summed E-state index contributed by atoms with van der Waals surface area (Å²) in [5.74, 6) is -0.624. The van der Waals surface area contributed by atoms with Crippen LogP contribution in [0.2, 0.25) is 0 Å². The Morgan fingerprint density at radius 2 is 2.08 bits per heavy atom. The molecule has 0 aliphatic carbocycles. The Bertz CT molecular complexity index is 889. The van der Waals surface area contributed by atoms with Crippen LogP contribution in [0, 0.1) is 12.7 Å². The van der Waals surface area contributed by atoms with Gasteiger partial charge in [0.2, 0.25) is 0 Å². The average Bonchev–Trinajstić information content (AvgIpc) is 2.89. The lowest BCUT2D eigenvalue weighted by molar-refractivity contribution is -0.137. The van der Waals surface area contributed by atoms with Gasteiger partial charge in [-0.2, -0.15) is 0 Å². The van der Waals surface area contributed by atoms with Gasteiger partial charge in [-0.3, -0.25) is 4.79 Å². The van der Waals surface area contributed by atoms with Crippen LogP contribution >= 0.6 is 0 Å². The summed E-state index contributed by atoms with van der Waals surface area (Å²) in [4.78, 5) is 19.7. The Hall–Kier alpha value is -2.76. The smallest absolute Gasteiger partial charge is 0.303 e. The van der Waals surface area contributed by atoms with Crippen LogP contribution in [0.5, 0.6) is 0 Å². The number of imidazole rings is 1. The van der Waals surface area contributed by atoms with E-state index in [4.69, 9.17) is 5.11 Å². The molecule has 3 rings (SSSR count). The number of benzene rings is 1. The zero-order chi connectivity index (χ0) is 17.1. The van der Waals surface area contributed by atoms with Crippen LogP contribution in [0.25, 0.3) is 22.6 Å². The third kappa shape index (κ3) is 3.27. The van der Waals surface area contributed by atoms with Crippen molar-refractivity contribution in [3.63, 3.8) is 0 Å². The molecule has 0 saturated heterocycles. The zero-order valence-electron chi connectivity index (χ0n) is 13.4. The van der Waals surface area contributed by atoms with Gasteiger partial charge in [0, 0.05) is 19.2 Å². The summed E-state index contributed by atoms with van der Waals surface area (Å²) < 4.78 is 16.1. The van der Waals surface area contributed by atoms with Crippen LogP contribution in [0.3, 0.4) is 0 Å². The van der Waals surface area contributed by atoms with E-state index >= 15 is 0 Å². The van der Waals surface area contributed by atoms with Crippen molar-refractivity contribution in [1.82, 2.24) is 14.5 Å². The predicted octanol–water partition coefficient (Wildman–Crippen LogP) is 3.80. The molecule has 1 N–H and O–H groups in total. The van der Waals surface area contributed by atoms with E-state index < -0.39 is 5.97 Å². The van der Waals surface area contributed by atoms with Gasteiger partial charge in [0.1, 0.15) is 17.2 Å². The van der Waals surface area contributed by atoms with Gasteiger partial charge in [-0.05, 0) is 43.5 Å². The van der Waals surface area contributed by atoms with Crippen LogP contribution in [0.15, 0.2) is 36.5 Å². The molecule has 5 nitrogen and oxygen atoms in total. The van der Waals surface area contributed by atoms with Crippen molar-refractivity contribution in [2.45, 2.75) is 32.7 Å². The molecule has 0 aliphatic heterocycles. The molecule has 0 amide bonds. The monoisotopic (exact) mass is 327 g/mol. The number of aryl methyl sites for hydroxylation is 2. The Labute approximate surface area is 138 Å². The second-order valence-corrected chi connectivity index (χ2v) is 5.77. The standard InChI is InChI=1S/C18H18FN3O2/c1-12-10-15-18(20-11-12)22(9-5-4-8-16(23)24)17(21-15)13-6-2-3-7-14(13)19/h2-3,6-7,10-11H,4-5,8-9H2,1H3,(H,23,24). The Kier molecular flexibility index (Phi) is 4.55. The number of unbranched alkanes of at least 4 members (excludes halogenated alkanes) is 1. The molecule has 0 bridgehead atoms. The fourth-order valence-electron chi connectivity index (χ4n) is 2.72. The molecule has 0 spiro atoms.